The van der Waals surface area contributed by atoms with E-state index in [4.69, 9.17) is 4.74 Å². The molecule has 1 aliphatic rings. The Kier molecular flexibility index (Phi) is 2.48. The van der Waals surface area contributed by atoms with Gasteiger partial charge in [0.05, 0.1) is 20.6 Å². The van der Waals surface area contributed by atoms with E-state index in [-0.39, 0.29) is 0 Å². The maximum absolute atomic E-state index is 12.3. The van der Waals surface area contributed by atoms with Crippen molar-refractivity contribution in [1.82, 2.24) is 0 Å². The summed E-state index contributed by atoms with van der Waals surface area (Å²) in [6.07, 6.45) is 0.949. The lowest BCUT2D eigenvalue weighted by atomic mass is 10.1. The number of benzene rings is 2. The van der Waals surface area contributed by atoms with Gasteiger partial charge in [0.1, 0.15) is 11.5 Å². The van der Waals surface area contributed by atoms with Gasteiger partial charge in [-0.1, -0.05) is 25.1 Å². The first kappa shape index (κ1) is 10.5. The highest BCUT2D eigenvalue weighted by molar-refractivity contribution is 7.85. The Balaban J connectivity index is 2.16. The molecular formula is C14H12O2S. The topological polar surface area (TPSA) is 26.3 Å². The molecule has 0 saturated heterocycles. The van der Waals surface area contributed by atoms with Crippen LogP contribution in [0.25, 0.3) is 0 Å². The minimum atomic E-state index is -1.13. The summed E-state index contributed by atoms with van der Waals surface area (Å²) in [7, 11) is -1.13. The van der Waals surface area contributed by atoms with Crippen LogP contribution < -0.4 is 4.74 Å². The zero-order chi connectivity index (χ0) is 11.8. The van der Waals surface area contributed by atoms with Gasteiger partial charge in [-0.25, -0.2) is 4.21 Å². The Morgan fingerprint density at radius 2 is 1.82 bits per heavy atom. The third kappa shape index (κ3) is 1.67. The summed E-state index contributed by atoms with van der Waals surface area (Å²) in [5.74, 6) is 1.42. The minimum Gasteiger partial charge on any atom is -0.455 e. The molecule has 0 N–H and O–H groups in total. The minimum absolute atomic E-state index is 0.701. The van der Waals surface area contributed by atoms with E-state index in [9.17, 15) is 4.21 Å². The monoisotopic (exact) mass is 244 g/mol. The molecule has 1 heterocycles. The van der Waals surface area contributed by atoms with Crippen molar-refractivity contribution in [3.05, 3.63) is 48.0 Å². The molecule has 0 aliphatic carbocycles. The molecule has 3 rings (SSSR count). The van der Waals surface area contributed by atoms with Gasteiger partial charge in [-0.2, -0.15) is 0 Å². The fourth-order valence-corrected chi connectivity index (χ4v) is 3.14. The van der Waals surface area contributed by atoms with Gasteiger partial charge in [0.25, 0.3) is 0 Å². The van der Waals surface area contributed by atoms with E-state index in [1.165, 1.54) is 5.56 Å². The molecule has 86 valence electrons. The predicted octanol–water partition coefficient (Wildman–Crippen LogP) is 3.52. The first-order valence-electron chi connectivity index (χ1n) is 5.61. The van der Waals surface area contributed by atoms with E-state index in [0.717, 1.165) is 22.0 Å². The number of aryl methyl sites for hydroxylation is 1. The van der Waals surface area contributed by atoms with Gasteiger partial charge >= 0.3 is 0 Å². The standard InChI is InChI=1S/C14H12O2S/c1-2-10-7-8-14-12(9-10)16-11-5-3-4-6-13(11)17(14)15/h3-9H,2H2,1H3/t17-/m1/s1. The Bertz CT molecular complexity index is 605. The van der Waals surface area contributed by atoms with E-state index in [1.807, 2.05) is 42.5 Å². The molecule has 0 saturated carbocycles. The molecule has 17 heavy (non-hydrogen) atoms. The van der Waals surface area contributed by atoms with E-state index >= 15 is 0 Å². The van der Waals surface area contributed by atoms with Crippen LogP contribution in [0.4, 0.5) is 0 Å². The van der Waals surface area contributed by atoms with Crippen LogP contribution >= 0.6 is 0 Å². The van der Waals surface area contributed by atoms with E-state index in [0.29, 0.717) is 5.75 Å². The highest BCUT2D eigenvalue weighted by Gasteiger charge is 2.23. The summed E-state index contributed by atoms with van der Waals surface area (Å²) in [6.45, 7) is 2.09. The molecule has 0 fully saturated rings. The first-order valence-corrected chi connectivity index (χ1v) is 6.76. The van der Waals surface area contributed by atoms with Gasteiger partial charge in [0.2, 0.25) is 0 Å². The van der Waals surface area contributed by atoms with Crippen LogP contribution in [0, 0.1) is 0 Å². The molecular weight excluding hydrogens is 232 g/mol. The van der Waals surface area contributed by atoms with Crippen molar-refractivity contribution in [2.24, 2.45) is 0 Å². The van der Waals surface area contributed by atoms with Crippen molar-refractivity contribution >= 4 is 10.8 Å². The van der Waals surface area contributed by atoms with Crippen LogP contribution in [-0.4, -0.2) is 4.21 Å². The van der Waals surface area contributed by atoms with Crippen LogP contribution in [0.5, 0.6) is 11.5 Å². The van der Waals surface area contributed by atoms with Crippen molar-refractivity contribution in [2.75, 3.05) is 0 Å². The predicted molar refractivity (Wildman–Crippen MR) is 67.0 cm³/mol. The molecule has 0 bridgehead atoms. The Hall–Kier alpha value is -1.61. The average Bonchev–Trinajstić information content (AvgIpc) is 2.38. The fraction of sp³-hybridized carbons (Fsp3) is 0.143. The first-order chi connectivity index (χ1) is 8.29. The smallest absolute Gasteiger partial charge is 0.144 e. The summed E-state index contributed by atoms with van der Waals surface area (Å²) in [5.41, 5.74) is 1.19. The summed E-state index contributed by atoms with van der Waals surface area (Å²) >= 11 is 0. The number of rotatable bonds is 1. The molecule has 0 spiro atoms. The third-order valence-electron chi connectivity index (χ3n) is 2.88. The number of hydrogen-bond donors (Lipinski definition) is 0. The summed E-state index contributed by atoms with van der Waals surface area (Å²) in [5, 5.41) is 0. The van der Waals surface area contributed by atoms with Crippen LogP contribution in [0.2, 0.25) is 0 Å². The maximum Gasteiger partial charge on any atom is 0.144 e. The van der Waals surface area contributed by atoms with Gasteiger partial charge in [0, 0.05) is 0 Å². The normalized spacial score (nSPS) is 16.9. The van der Waals surface area contributed by atoms with Gasteiger partial charge in [-0.05, 0) is 36.2 Å². The Morgan fingerprint density at radius 3 is 2.65 bits per heavy atom. The molecule has 0 radical (unpaired) electrons. The van der Waals surface area contributed by atoms with Crippen molar-refractivity contribution < 1.29 is 8.95 Å². The zero-order valence-electron chi connectivity index (χ0n) is 9.47. The van der Waals surface area contributed by atoms with Crippen molar-refractivity contribution in [3.63, 3.8) is 0 Å². The molecule has 3 heteroatoms. The van der Waals surface area contributed by atoms with E-state index < -0.39 is 10.8 Å². The second-order valence-electron chi connectivity index (χ2n) is 3.95. The van der Waals surface area contributed by atoms with Gasteiger partial charge < -0.3 is 4.74 Å². The van der Waals surface area contributed by atoms with E-state index in [2.05, 4.69) is 6.92 Å². The van der Waals surface area contributed by atoms with Crippen LogP contribution in [0.1, 0.15) is 12.5 Å². The quantitative estimate of drug-likeness (QED) is 0.654. The molecule has 2 aromatic carbocycles. The summed E-state index contributed by atoms with van der Waals surface area (Å²) in [6, 6.07) is 13.4. The molecule has 1 atom stereocenters. The van der Waals surface area contributed by atoms with Crippen molar-refractivity contribution in [3.8, 4) is 11.5 Å². The third-order valence-corrected chi connectivity index (χ3v) is 4.36. The average molecular weight is 244 g/mol. The molecule has 0 amide bonds. The van der Waals surface area contributed by atoms with Crippen molar-refractivity contribution in [1.29, 1.82) is 0 Å². The maximum atomic E-state index is 12.3. The number of hydrogen-bond acceptors (Lipinski definition) is 2. The lowest BCUT2D eigenvalue weighted by Crippen LogP contribution is -2.05. The summed E-state index contributed by atoms with van der Waals surface area (Å²) < 4.78 is 18.1. The fourth-order valence-electron chi connectivity index (χ4n) is 1.93. The second-order valence-corrected chi connectivity index (χ2v) is 5.37. The highest BCUT2D eigenvalue weighted by atomic mass is 32.2. The molecule has 2 nitrogen and oxygen atoms in total. The number of fused-ring (bicyclic) bond motifs is 2. The van der Waals surface area contributed by atoms with Crippen molar-refractivity contribution in [2.45, 2.75) is 23.1 Å². The highest BCUT2D eigenvalue weighted by Crippen LogP contribution is 2.40. The molecule has 0 unspecified atom stereocenters. The SMILES string of the molecule is CCc1ccc2c(c1)Oc1ccccc1[S@]2=O. The van der Waals surface area contributed by atoms with Gasteiger partial charge in [-0.15, -0.1) is 0 Å². The number of ether oxygens (including phenoxy) is 1. The Morgan fingerprint density at radius 1 is 1.06 bits per heavy atom. The molecule has 2 aromatic rings. The van der Waals surface area contributed by atoms with E-state index in [1.54, 1.807) is 0 Å². The Labute approximate surface area is 103 Å². The van der Waals surface area contributed by atoms with Gasteiger partial charge in [0.15, 0.2) is 0 Å². The number of para-hydroxylation sites is 1. The van der Waals surface area contributed by atoms with Crippen LogP contribution in [0.3, 0.4) is 0 Å². The molecule has 1 aliphatic heterocycles. The lowest BCUT2D eigenvalue weighted by molar-refractivity contribution is 0.449. The van der Waals surface area contributed by atoms with Crippen LogP contribution in [0.15, 0.2) is 52.3 Å². The van der Waals surface area contributed by atoms with Crippen LogP contribution in [-0.2, 0) is 17.2 Å². The summed E-state index contributed by atoms with van der Waals surface area (Å²) in [4.78, 5) is 1.52. The molecule has 0 aromatic heterocycles. The van der Waals surface area contributed by atoms with Gasteiger partial charge in [-0.3, -0.25) is 0 Å². The largest absolute Gasteiger partial charge is 0.455 e. The zero-order valence-corrected chi connectivity index (χ0v) is 10.3. The lowest BCUT2D eigenvalue weighted by Gasteiger charge is -2.19. The second kappa shape index (κ2) is 4.00.